The molecule has 2 aromatic heterocycles. The Morgan fingerprint density at radius 3 is 2.79 bits per heavy atom. The van der Waals surface area contributed by atoms with E-state index in [-0.39, 0.29) is 0 Å². The van der Waals surface area contributed by atoms with Crippen molar-refractivity contribution in [2.45, 2.75) is 6.54 Å². The first-order chi connectivity index (χ1) is 9.31. The van der Waals surface area contributed by atoms with Crippen LogP contribution in [0.15, 0.2) is 50.1 Å². The second kappa shape index (κ2) is 5.54. The number of rotatable bonds is 4. The van der Waals surface area contributed by atoms with E-state index >= 15 is 0 Å². The van der Waals surface area contributed by atoms with Gasteiger partial charge in [-0.3, -0.25) is 0 Å². The zero-order valence-corrected chi connectivity index (χ0v) is 12.2. The van der Waals surface area contributed by atoms with E-state index in [9.17, 15) is 0 Å². The maximum absolute atomic E-state index is 5.21. The van der Waals surface area contributed by atoms with Crippen LogP contribution in [-0.4, -0.2) is 10.1 Å². The standard InChI is InChI=1S/C13H10BrN3OS/c14-10-1-3-11(4-2-10)15-7-12-16-13(17-18-12)9-5-6-19-8-9/h1-6,8,15H,7H2. The normalized spacial score (nSPS) is 10.6. The van der Waals surface area contributed by atoms with Gasteiger partial charge in [0, 0.05) is 21.1 Å². The molecule has 0 saturated carbocycles. The van der Waals surface area contributed by atoms with Crippen molar-refractivity contribution in [2.75, 3.05) is 5.32 Å². The molecule has 19 heavy (non-hydrogen) atoms. The molecule has 6 heteroatoms. The molecule has 1 aromatic carbocycles. The first-order valence-corrected chi connectivity index (χ1v) is 7.39. The lowest BCUT2D eigenvalue weighted by Gasteiger charge is -2.02. The minimum atomic E-state index is 0.513. The Labute approximate surface area is 122 Å². The second-order valence-corrected chi connectivity index (χ2v) is 5.58. The van der Waals surface area contributed by atoms with Gasteiger partial charge in [0.2, 0.25) is 11.7 Å². The van der Waals surface area contributed by atoms with Crippen LogP contribution < -0.4 is 5.32 Å². The first-order valence-electron chi connectivity index (χ1n) is 5.66. The van der Waals surface area contributed by atoms with E-state index in [0.29, 0.717) is 18.3 Å². The van der Waals surface area contributed by atoms with E-state index in [1.807, 2.05) is 41.1 Å². The Balaban J connectivity index is 1.66. The molecule has 0 aliphatic rings. The number of nitrogens with one attached hydrogen (secondary N) is 1. The Hall–Kier alpha value is -1.66. The van der Waals surface area contributed by atoms with Crippen molar-refractivity contribution in [3.05, 3.63) is 51.5 Å². The van der Waals surface area contributed by atoms with Gasteiger partial charge in [-0.2, -0.15) is 16.3 Å². The largest absolute Gasteiger partial charge is 0.376 e. The molecule has 0 bridgehead atoms. The van der Waals surface area contributed by atoms with Crippen molar-refractivity contribution >= 4 is 33.0 Å². The molecule has 1 N–H and O–H groups in total. The predicted octanol–water partition coefficient (Wildman–Crippen LogP) is 4.17. The molecule has 3 aromatic rings. The van der Waals surface area contributed by atoms with Crippen LogP contribution in [0, 0.1) is 0 Å². The molecule has 0 unspecified atom stereocenters. The maximum Gasteiger partial charge on any atom is 0.246 e. The number of aromatic nitrogens is 2. The predicted molar refractivity (Wildman–Crippen MR) is 79.1 cm³/mol. The number of thiophene rings is 1. The number of benzene rings is 1. The summed E-state index contributed by atoms with van der Waals surface area (Å²) in [6.07, 6.45) is 0. The molecule has 0 atom stereocenters. The van der Waals surface area contributed by atoms with E-state index in [1.54, 1.807) is 11.3 Å². The summed E-state index contributed by atoms with van der Waals surface area (Å²) in [6, 6.07) is 9.90. The molecule has 0 fully saturated rings. The fourth-order valence-corrected chi connectivity index (χ4v) is 2.48. The van der Waals surface area contributed by atoms with Crippen LogP contribution in [0.3, 0.4) is 0 Å². The molecule has 0 aliphatic carbocycles. The van der Waals surface area contributed by atoms with Crippen molar-refractivity contribution < 1.29 is 4.52 Å². The smallest absolute Gasteiger partial charge is 0.246 e. The monoisotopic (exact) mass is 335 g/mol. The molecule has 0 aliphatic heterocycles. The molecule has 96 valence electrons. The Morgan fingerprint density at radius 1 is 1.21 bits per heavy atom. The van der Waals surface area contributed by atoms with Crippen LogP contribution in [0.1, 0.15) is 5.89 Å². The van der Waals surface area contributed by atoms with Gasteiger partial charge in [0.25, 0.3) is 0 Å². The quantitative estimate of drug-likeness (QED) is 0.777. The van der Waals surface area contributed by atoms with Gasteiger partial charge < -0.3 is 9.84 Å². The summed E-state index contributed by atoms with van der Waals surface area (Å²) in [5, 5.41) is 11.2. The molecule has 0 spiro atoms. The summed E-state index contributed by atoms with van der Waals surface area (Å²) < 4.78 is 6.26. The fraction of sp³-hybridized carbons (Fsp3) is 0.0769. The highest BCUT2D eigenvalue weighted by atomic mass is 79.9. The fourth-order valence-electron chi connectivity index (χ4n) is 1.58. The highest BCUT2D eigenvalue weighted by molar-refractivity contribution is 9.10. The Morgan fingerprint density at radius 2 is 2.05 bits per heavy atom. The number of hydrogen-bond acceptors (Lipinski definition) is 5. The van der Waals surface area contributed by atoms with E-state index < -0.39 is 0 Å². The Kier molecular flexibility index (Phi) is 3.61. The molecular weight excluding hydrogens is 326 g/mol. The average molecular weight is 336 g/mol. The van der Waals surface area contributed by atoms with Gasteiger partial charge in [0.05, 0.1) is 6.54 Å². The summed E-state index contributed by atoms with van der Waals surface area (Å²) in [6.45, 7) is 0.513. The van der Waals surface area contributed by atoms with E-state index in [1.165, 1.54) is 0 Å². The third-order valence-corrected chi connectivity index (χ3v) is 3.75. The van der Waals surface area contributed by atoms with Crippen LogP contribution in [0.4, 0.5) is 5.69 Å². The van der Waals surface area contributed by atoms with Crippen molar-refractivity contribution in [3.8, 4) is 11.4 Å². The van der Waals surface area contributed by atoms with E-state index in [2.05, 4.69) is 31.4 Å². The van der Waals surface area contributed by atoms with Gasteiger partial charge in [-0.1, -0.05) is 21.1 Å². The van der Waals surface area contributed by atoms with Gasteiger partial charge >= 0.3 is 0 Å². The number of hydrogen-bond donors (Lipinski definition) is 1. The molecule has 2 heterocycles. The third kappa shape index (κ3) is 3.02. The van der Waals surface area contributed by atoms with Crippen LogP contribution in [-0.2, 0) is 6.54 Å². The lowest BCUT2D eigenvalue weighted by molar-refractivity contribution is 0.384. The lowest BCUT2D eigenvalue weighted by atomic mass is 10.3. The summed E-state index contributed by atoms with van der Waals surface area (Å²) in [7, 11) is 0. The van der Waals surface area contributed by atoms with Crippen molar-refractivity contribution in [1.29, 1.82) is 0 Å². The van der Waals surface area contributed by atoms with Crippen molar-refractivity contribution in [2.24, 2.45) is 0 Å². The number of nitrogens with zero attached hydrogens (tertiary/aromatic N) is 2. The summed E-state index contributed by atoms with van der Waals surface area (Å²) in [5.74, 6) is 1.21. The zero-order chi connectivity index (χ0) is 13.1. The molecule has 0 amide bonds. The molecule has 4 nitrogen and oxygen atoms in total. The summed E-state index contributed by atoms with van der Waals surface area (Å²) in [5.41, 5.74) is 2.00. The minimum Gasteiger partial charge on any atom is -0.376 e. The van der Waals surface area contributed by atoms with E-state index in [4.69, 9.17) is 4.52 Å². The average Bonchev–Trinajstić information content (AvgIpc) is 3.09. The molecule has 3 rings (SSSR count). The lowest BCUT2D eigenvalue weighted by Crippen LogP contribution is -1.99. The summed E-state index contributed by atoms with van der Waals surface area (Å²) in [4.78, 5) is 4.34. The summed E-state index contributed by atoms with van der Waals surface area (Å²) >= 11 is 5.01. The highest BCUT2D eigenvalue weighted by Crippen LogP contribution is 2.19. The molecule has 0 radical (unpaired) electrons. The van der Waals surface area contributed by atoms with Crippen LogP contribution in [0.2, 0.25) is 0 Å². The number of halogens is 1. The zero-order valence-electron chi connectivity index (χ0n) is 9.84. The topological polar surface area (TPSA) is 51.0 Å². The second-order valence-electron chi connectivity index (χ2n) is 3.88. The van der Waals surface area contributed by atoms with Crippen LogP contribution in [0.25, 0.3) is 11.4 Å². The molecule has 0 saturated heterocycles. The van der Waals surface area contributed by atoms with Crippen molar-refractivity contribution in [3.63, 3.8) is 0 Å². The van der Waals surface area contributed by atoms with Gasteiger partial charge in [-0.15, -0.1) is 0 Å². The number of anilines is 1. The maximum atomic E-state index is 5.21. The van der Waals surface area contributed by atoms with E-state index in [0.717, 1.165) is 15.7 Å². The van der Waals surface area contributed by atoms with Crippen LogP contribution in [0.5, 0.6) is 0 Å². The van der Waals surface area contributed by atoms with Gasteiger partial charge in [-0.25, -0.2) is 0 Å². The Bertz CT molecular complexity index is 649. The highest BCUT2D eigenvalue weighted by Gasteiger charge is 2.08. The SMILES string of the molecule is Brc1ccc(NCc2nc(-c3ccsc3)no2)cc1. The molecular formula is C13H10BrN3OS. The van der Waals surface area contributed by atoms with Gasteiger partial charge in [0.1, 0.15) is 0 Å². The third-order valence-electron chi connectivity index (χ3n) is 2.54. The van der Waals surface area contributed by atoms with Crippen LogP contribution >= 0.6 is 27.3 Å². The van der Waals surface area contributed by atoms with Crippen molar-refractivity contribution in [1.82, 2.24) is 10.1 Å². The first kappa shape index (κ1) is 12.4. The minimum absolute atomic E-state index is 0.513. The van der Waals surface area contributed by atoms with Gasteiger partial charge in [0.15, 0.2) is 0 Å². The van der Waals surface area contributed by atoms with Gasteiger partial charge in [-0.05, 0) is 35.7 Å².